The first-order valence-electron chi connectivity index (χ1n) is 4.49. The summed E-state index contributed by atoms with van der Waals surface area (Å²) in [6, 6.07) is 0. The van der Waals surface area contributed by atoms with Crippen molar-refractivity contribution >= 4 is 6.29 Å². The number of carbonyl (C=O) groups is 1. The third-order valence-electron chi connectivity index (χ3n) is 1.69. The van der Waals surface area contributed by atoms with Crippen LogP contribution in [0.25, 0.3) is 0 Å². The number of aldehydes is 1. The van der Waals surface area contributed by atoms with Crippen molar-refractivity contribution < 1.29 is 4.79 Å². The van der Waals surface area contributed by atoms with Gasteiger partial charge in [0.25, 0.3) is 0 Å². The van der Waals surface area contributed by atoms with Crippen LogP contribution in [0.15, 0.2) is 11.6 Å². The molecule has 0 aliphatic rings. The van der Waals surface area contributed by atoms with Crippen molar-refractivity contribution in [2.24, 2.45) is 0 Å². The molecule has 0 radical (unpaired) electrons. The Kier molecular flexibility index (Phi) is 7.11. The van der Waals surface area contributed by atoms with E-state index in [2.05, 4.69) is 13.8 Å². The molecule has 0 fully saturated rings. The van der Waals surface area contributed by atoms with Gasteiger partial charge in [-0.1, -0.05) is 32.8 Å². The lowest BCUT2D eigenvalue weighted by Gasteiger charge is -1.97. The van der Waals surface area contributed by atoms with Crippen LogP contribution in [0.4, 0.5) is 0 Å². The van der Waals surface area contributed by atoms with Gasteiger partial charge in [-0.15, -0.1) is 0 Å². The molecule has 0 amide bonds. The fraction of sp³-hybridized carbons (Fsp3) is 0.700. The number of hydrogen-bond acceptors (Lipinski definition) is 1. The van der Waals surface area contributed by atoms with Crippen molar-refractivity contribution in [1.29, 1.82) is 0 Å². The molecule has 0 aromatic heterocycles. The fourth-order valence-corrected chi connectivity index (χ4v) is 1.05. The molecule has 1 heteroatoms. The van der Waals surface area contributed by atoms with Gasteiger partial charge in [0.15, 0.2) is 0 Å². The molecule has 0 saturated heterocycles. The van der Waals surface area contributed by atoms with Crippen LogP contribution in [0.3, 0.4) is 0 Å². The second-order valence-corrected chi connectivity index (χ2v) is 2.76. The third-order valence-corrected chi connectivity index (χ3v) is 1.69. The number of allylic oxidation sites excluding steroid dienone is 2. The first-order chi connectivity index (χ1) is 5.35. The van der Waals surface area contributed by atoms with Crippen LogP contribution >= 0.6 is 0 Å². The van der Waals surface area contributed by atoms with E-state index in [0.29, 0.717) is 0 Å². The summed E-state index contributed by atoms with van der Waals surface area (Å²) in [6.45, 7) is 4.23. The minimum absolute atomic E-state index is 0.963. The van der Waals surface area contributed by atoms with Crippen LogP contribution < -0.4 is 0 Å². The highest BCUT2D eigenvalue weighted by Gasteiger charge is 1.92. The largest absolute Gasteiger partial charge is 0.298 e. The zero-order valence-corrected chi connectivity index (χ0v) is 7.60. The molecule has 1 nitrogen and oxygen atoms in total. The van der Waals surface area contributed by atoms with Crippen molar-refractivity contribution in [1.82, 2.24) is 0 Å². The van der Waals surface area contributed by atoms with E-state index in [1.54, 1.807) is 0 Å². The van der Waals surface area contributed by atoms with E-state index in [-0.39, 0.29) is 0 Å². The van der Waals surface area contributed by atoms with E-state index in [4.69, 9.17) is 0 Å². The van der Waals surface area contributed by atoms with Gasteiger partial charge in [0.2, 0.25) is 0 Å². The molecule has 0 N–H and O–H groups in total. The lowest BCUT2D eigenvalue weighted by atomic mass is 10.1. The molecule has 0 rings (SSSR count). The van der Waals surface area contributed by atoms with Gasteiger partial charge in [-0.05, 0) is 24.8 Å². The number of carbonyl (C=O) groups excluding carboxylic acids is 1. The zero-order chi connectivity index (χ0) is 8.53. The van der Waals surface area contributed by atoms with Gasteiger partial charge in [0, 0.05) is 0 Å². The predicted octanol–water partition coefficient (Wildman–Crippen LogP) is 3.10. The third kappa shape index (κ3) is 5.84. The van der Waals surface area contributed by atoms with Gasteiger partial charge in [-0.25, -0.2) is 0 Å². The van der Waals surface area contributed by atoms with Gasteiger partial charge in [-0.3, -0.25) is 4.79 Å². The Morgan fingerprint density at radius 2 is 2.00 bits per heavy atom. The SMILES string of the molecule is CC/C=C(\C=O)CCCCC. The number of unbranched alkanes of at least 4 members (excludes halogenated alkanes) is 2. The van der Waals surface area contributed by atoms with Gasteiger partial charge >= 0.3 is 0 Å². The van der Waals surface area contributed by atoms with E-state index in [1.165, 1.54) is 12.8 Å². The minimum Gasteiger partial charge on any atom is -0.298 e. The van der Waals surface area contributed by atoms with Crippen LogP contribution in [0, 0.1) is 0 Å². The van der Waals surface area contributed by atoms with Gasteiger partial charge in [0.05, 0.1) is 0 Å². The smallest absolute Gasteiger partial charge is 0.145 e. The van der Waals surface area contributed by atoms with E-state index in [9.17, 15) is 4.79 Å². The standard InChI is InChI=1S/C10H18O/c1-3-5-6-8-10(9-11)7-4-2/h7,9H,3-6,8H2,1-2H3/b10-7-. The maximum atomic E-state index is 10.4. The number of rotatable bonds is 6. The molecular formula is C10H18O. The van der Waals surface area contributed by atoms with Crippen LogP contribution in [-0.2, 0) is 4.79 Å². The first kappa shape index (κ1) is 10.4. The van der Waals surface area contributed by atoms with E-state index in [0.717, 1.165) is 31.1 Å². The normalized spacial score (nSPS) is 11.6. The molecule has 0 aliphatic heterocycles. The Morgan fingerprint density at radius 1 is 1.27 bits per heavy atom. The highest BCUT2D eigenvalue weighted by Crippen LogP contribution is 2.07. The molecule has 0 aliphatic carbocycles. The molecule has 0 aromatic carbocycles. The van der Waals surface area contributed by atoms with Gasteiger partial charge in [0.1, 0.15) is 6.29 Å². The van der Waals surface area contributed by atoms with Crippen LogP contribution in [0.2, 0.25) is 0 Å². The molecule has 11 heavy (non-hydrogen) atoms. The number of hydrogen-bond donors (Lipinski definition) is 0. The Hall–Kier alpha value is -0.590. The predicted molar refractivity (Wildman–Crippen MR) is 48.6 cm³/mol. The summed E-state index contributed by atoms with van der Waals surface area (Å²) < 4.78 is 0. The topological polar surface area (TPSA) is 17.1 Å². The second kappa shape index (κ2) is 7.52. The van der Waals surface area contributed by atoms with Crippen molar-refractivity contribution in [3.63, 3.8) is 0 Å². The average molecular weight is 154 g/mol. The van der Waals surface area contributed by atoms with Crippen molar-refractivity contribution in [3.8, 4) is 0 Å². The van der Waals surface area contributed by atoms with Crippen molar-refractivity contribution in [2.45, 2.75) is 46.0 Å². The Balaban J connectivity index is 3.52. The Bertz CT molecular complexity index is 125. The van der Waals surface area contributed by atoms with E-state index < -0.39 is 0 Å². The molecule has 0 saturated carbocycles. The summed E-state index contributed by atoms with van der Waals surface area (Å²) in [5.41, 5.74) is 0.973. The van der Waals surface area contributed by atoms with Gasteiger partial charge in [-0.2, -0.15) is 0 Å². The van der Waals surface area contributed by atoms with Gasteiger partial charge < -0.3 is 0 Å². The van der Waals surface area contributed by atoms with E-state index in [1.807, 2.05) is 6.08 Å². The van der Waals surface area contributed by atoms with Crippen LogP contribution in [0.1, 0.15) is 46.0 Å². The molecule has 0 spiro atoms. The summed E-state index contributed by atoms with van der Waals surface area (Å²) in [7, 11) is 0. The Morgan fingerprint density at radius 3 is 2.45 bits per heavy atom. The van der Waals surface area contributed by atoms with E-state index >= 15 is 0 Å². The average Bonchev–Trinajstić information content (AvgIpc) is 2.03. The molecular weight excluding hydrogens is 136 g/mol. The lowest BCUT2D eigenvalue weighted by Crippen LogP contribution is -1.85. The summed E-state index contributed by atoms with van der Waals surface area (Å²) in [5.74, 6) is 0. The summed E-state index contributed by atoms with van der Waals surface area (Å²) in [6.07, 6.45) is 8.54. The fourth-order valence-electron chi connectivity index (χ4n) is 1.05. The highest BCUT2D eigenvalue weighted by molar-refractivity contribution is 5.72. The van der Waals surface area contributed by atoms with Crippen LogP contribution in [0.5, 0.6) is 0 Å². The minimum atomic E-state index is 0.963. The van der Waals surface area contributed by atoms with Crippen molar-refractivity contribution in [2.75, 3.05) is 0 Å². The molecule has 0 unspecified atom stereocenters. The second-order valence-electron chi connectivity index (χ2n) is 2.76. The first-order valence-corrected chi connectivity index (χ1v) is 4.49. The maximum absolute atomic E-state index is 10.4. The molecule has 0 aromatic rings. The maximum Gasteiger partial charge on any atom is 0.145 e. The van der Waals surface area contributed by atoms with Crippen molar-refractivity contribution in [3.05, 3.63) is 11.6 Å². The van der Waals surface area contributed by atoms with Crippen LogP contribution in [-0.4, -0.2) is 6.29 Å². The summed E-state index contributed by atoms with van der Waals surface area (Å²) in [5, 5.41) is 0. The Labute approximate surface area is 69.5 Å². The molecule has 0 bridgehead atoms. The molecule has 0 atom stereocenters. The lowest BCUT2D eigenvalue weighted by molar-refractivity contribution is -0.105. The monoisotopic (exact) mass is 154 g/mol. The summed E-state index contributed by atoms with van der Waals surface area (Å²) in [4.78, 5) is 10.4. The zero-order valence-electron chi connectivity index (χ0n) is 7.60. The summed E-state index contributed by atoms with van der Waals surface area (Å²) >= 11 is 0. The quantitative estimate of drug-likeness (QED) is 0.326. The highest BCUT2D eigenvalue weighted by atomic mass is 16.1. The molecule has 0 heterocycles. The molecule has 64 valence electrons.